The molecule has 0 saturated carbocycles. The van der Waals surface area contributed by atoms with Crippen LogP contribution in [0.25, 0.3) is 11.1 Å². The zero-order chi connectivity index (χ0) is 21.6. The summed E-state index contributed by atoms with van der Waals surface area (Å²) in [5.74, 6) is 1.83. The molecule has 4 rings (SSSR count). The molecule has 0 saturated heterocycles. The Kier molecular flexibility index (Phi) is 6.73. The number of allylic oxidation sites excluding steroid dienone is 1. The number of ether oxygens (including phenoxy) is 2. The van der Waals surface area contributed by atoms with E-state index >= 15 is 0 Å². The molecule has 0 N–H and O–H groups in total. The maximum absolute atomic E-state index is 5.99. The number of nitrogens with zero attached hydrogens (tertiary/aromatic N) is 1. The fourth-order valence-electron chi connectivity index (χ4n) is 4.29. The molecule has 0 spiro atoms. The molecule has 0 amide bonds. The van der Waals surface area contributed by atoms with Crippen molar-refractivity contribution < 1.29 is 9.47 Å². The van der Waals surface area contributed by atoms with Crippen LogP contribution in [-0.2, 0) is 6.42 Å². The summed E-state index contributed by atoms with van der Waals surface area (Å²) in [5, 5.41) is 0. The summed E-state index contributed by atoms with van der Waals surface area (Å²) in [6.07, 6.45) is 0.902. The minimum Gasteiger partial charge on any atom is -0.497 e. The highest BCUT2D eigenvalue weighted by atomic mass is 16.5. The topological polar surface area (TPSA) is 21.7 Å². The largest absolute Gasteiger partial charge is 0.497 e. The van der Waals surface area contributed by atoms with Crippen molar-refractivity contribution in [2.24, 2.45) is 0 Å². The molecular formula is C28H31NO2. The number of methoxy groups -OCH3 is 1. The van der Waals surface area contributed by atoms with Gasteiger partial charge in [-0.15, -0.1) is 0 Å². The molecule has 3 aromatic carbocycles. The lowest BCUT2D eigenvalue weighted by atomic mass is 9.94. The lowest BCUT2D eigenvalue weighted by Crippen LogP contribution is -2.27. The van der Waals surface area contributed by atoms with Crippen LogP contribution in [0.1, 0.15) is 36.1 Å². The van der Waals surface area contributed by atoms with Gasteiger partial charge in [0.1, 0.15) is 18.1 Å². The number of benzene rings is 3. The molecule has 3 heteroatoms. The first-order valence-electron chi connectivity index (χ1n) is 11.1. The summed E-state index contributed by atoms with van der Waals surface area (Å²) in [6.45, 7) is 8.15. The monoisotopic (exact) mass is 413 g/mol. The Morgan fingerprint density at radius 1 is 0.806 bits per heavy atom. The van der Waals surface area contributed by atoms with Crippen LogP contribution in [0, 0.1) is 0 Å². The predicted molar refractivity (Wildman–Crippen MR) is 129 cm³/mol. The SMILES string of the molecule is CCN(CC)CCOc1ccc(C2=C(c3ccccc3)c3ccc(OC)cc3C2)cc1. The van der Waals surface area contributed by atoms with Crippen molar-refractivity contribution in [2.75, 3.05) is 33.4 Å². The van der Waals surface area contributed by atoms with Gasteiger partial charge in [0.2, 0.25) is 0 Å². The molecule has 0 radical (unpaired) electrons. The summed E-state index contributed by atoms with van der Waals surface area (Å²) in [7, 11) is 1.72. The minimum absolute atomic E-state index is 0.713. The van der Waals surface area contributed by atoms with E-state index in [1.54, 1.807) is 7.11 Å². The highest BCUT2D eigenvalue weighted by Crippen LogP contribution is 2.43. The Morgan fingerprint density at radius 2 is 1.52 bits per heavy atom. The fourth-order valence-corrected chi connectivity index (χ4v) is 4.29. The minimum atomic E-state index is 0.713. The number of hydrogen-bond donors (Lipinski definition) is 0. The van der Waals surface area contributed by atoms with E-state index in [0.29, 0.717) is 6.61 Å². The van der Waals surface area contributed by atoms with Crippen LogP contribution in [0.2, 0.25) is 0 Å². The highest BCUT2D eigenvalue weighted by molar-refractivity contribution is 6.03. The second-order valence-electron chi connectivity index (χ2n) is 7.82. The lowest BCUT2D eigenvalue weighted by molar-refractivity contribution is 0.223. The molecule has 160 valence electrons. The molecule has 0 aliphatic heterocycles. The van der Waals surface area contributed by atoms with E-state index in [1.165, 1.54) is 33.4 Å². The quantitative estimate of drug-likeness (QED) is 0.434. The molecule has 1 aliphatic carbocycles. The molecule has 0 fully saturated rings. The fraction of sp³-hybridized carbons (Fsp3) is 0.286. The van der Waals surface area contributed by atoms with Gasteiger partial charge in [0, 0.05) is 6.54 Å². The van der Waals surface area contributed by atoms with E-state index < -0.39 is 0 Å². The first kappa shape index (κ1) is 21.2. The van der Waals surface area contributed by atoms with Crippen molar-refractivity contribution >= 4 is 11.1 Å². The third-order valence-corrected chi connectivity index (χ3v) is 6.09. The van der Waals surface area contributed by atoms with Crippen molar-refractivity contribution in [3.8, 4) is 11.5 Å². The van der Waals surface area contributed by atoms with E-state index in [2.05, 4.69) is 91.5 Å². The Bertz CT molecular complexity index is 1030. The van der Waals surface area contributed by atoms with E-state index in [-0.39, 0.29) is 0 Å². The van der Waals surface area contributed by atoms with E-state index in [1.807, 2.05) is 0 Å². The number of rotatable bonds is 9. The Hall–Kier alpha value is -3.04. The van der Waals surface area contributed by atoms with E-state index in [0.717, 1.165) is 37.6 Å². The molecule has 0 bridgehead atoms. The molecule has 31 heavy (non-hydrogen) atoms. The van der Waals surface area contributed by atoms with Crippen molar-refractivity contribution in [1.29, 1.82) is 0 Å². The van der Waals surface area contributed by atoms with Gasteiger partial charge >= 0.3 is 0 Å². The average Bonchev–Trinajstić information content (AvgIpc) is 3.21. The van der Waals surface area contributed by atoms with Gasteiger partial charge < -0.3 is 14.4 Å². The molecule has 0 unspecified atom stereocenters. The predicted octanol–water partition coefficient (Wildman–Crippen LogP) is 5.93. The van der Waals surface area contributed by atoms with Gasteiger partial charge in [-0.2, -0.15) is 0 Å². The third-order valence-electron chi connectivity index (χ3n) is 6.09. The van der Waals surface area contributed by atoms with E-state index in [4.69, 9.17) is 9.47 Å². The Balaban J connectivity index is 1.60. The maximum Gasteiger partial charge on any atom is 0.119 e. The number of hydrogen-bond acceptors (Lipinski definition) is 3. The van der Waals surface area contributed by atoms with Crippen LogP contribution in [-0.4, -0.2) is 38.3 Å². The molecular weight excluding hydrogens is 382 g/mol. The average molecular weight is 414 g/mol. The normalized spacial score (nSPS) is 12.9. The first-order valence-corrected chi connectivity index (χ1v) is 11.1. The van der Waals surface area contributed by atoms with Gasteiger partial charge in [-0.25, -0.2) is 0 Å². The number of likely N-dealkylation sites (N-methyl/N-ethyl adjacent to an activating group) is 1. The summed E-state index contributed by atoms with van der Waals surface area (Å²) in [5.41, 5.74) is 7.76. The van der Waals surface area contributed by atoms with Gasteiger partial charge in [0.25, 0.3) is 0 Å². The van der Waals surface area contributed by atoms with Gasteiger partial charge in [-0.3, -0.25) is 0 Å². The van der Waals surface area contributed by atoms with Crippen LogP contribution >= 0.6 is 0 Å². The number of fused-ring (bicyclic) bond motifs is 1. The standard InChI is InChI=1S/C28H31NO2/c1-4-29(5-2)17-18-31-24-13-11-21(12-14-24)27-20-23-19-25(30-3)15-16-26(23)28(27)22-9-7-6-8-10-22/h6-16,19H,4-5,17-18,20H2,1-3H3. The molecule has 0 heterocycles. The molecule has 0 aromatic heterocycles. The summed E-state index contributed by atoms with van der Waals surface area (Å²) >= 11 is 0. The van der Waals surface area contributed by atoms with Crippen LogP contribution < -0.4 is 9.47 Å². The second-order valence-corrected chi connectivity index (χ2v) is 7.82. The Labute approximate surface area is 185 Å². The van der Waals surface area contributed by atoms with Crippen LogP contribution in [0.4, 0.5) is 0 Å². The molecule has 3 aromatic rings. The summed E-state index contributed by atoms with van der Waals surface area (Å²) < 4.78 is 11.5. The van der Waals surface area contributed by atoms with Gasteiger partial charge in [-0.1, -0.05) is 62.4 Å². The maximum atomic E-state index is 5.99. The zero-order valence-electron chi connectivity index (χ0n) is 18.7. The molecule has 3 nitrogen and oxygen atoms in total. The summed E-state index contributed by atoms with van der Waals surface area (Å²) in [6, 6.07) is 25.6. The van der Waals surface area contributed by atoms with Crippen LogP contribution in [0.5, 0.6) is 11.5 Å². The third kappa shape index (κ3) is 4.67. The van der Waals surface area contributed by atoms with Crippen LogP contribution in [0.15, 0.2) is 72.8 Å². The van der Waals surface area contributed by atoms with Crippen molar-refractivity contribution in [2.45, 2.75) is 20.3 Å². The second kappa shape index (κ2) is 9.84. The van der Waals surface area contributed by atoms with Crippen molar-refractivity contribution in [3.05, 3.63) is 95.1 Å². The van der Waals surface area contributed by atoms with Crippen LogP contribution in [0.3, 0.4) is 0 Å². The summed E-state index contributed by atoms with van der Waals surface area (Å²) in [4.78, 5) is 2.37. The Morgan fingerprint density at radius 3 is 2.19 bits per heavy atom. The first-order chi connectivity index (χ1) is 15.2. The molecule has 0 atom stereocenters. The van der Waals surface area contributed by atoms with Gasteiger partial charge in [0.15, 0.2) is 0 Å². The molecule has 1 aliphatic rings. The highest BCUT2D eigenvalue weighted by Gasteiger charge is 2.24. The van der Waals surface area contributed by atoms with Gasteiger partial charge in [-0.05, 0) is 77.2 Å². The van der Waals surface area contributed by atoms with Crippen molar-refractivity contribution in [3.63, 3.8) is 0 Å². The smallest absolute Gasteiger partial charge is 0.119 e. The lowest BCUT2D eigenvalue weighted by Gasteiger charge is -2.18. The van der Waals surface area contributed by atoms with Gasteiger partial charge in [0.05, 0.1) is 7.11 Å². The zero-order valence-corrected chi connectivity index (χ0v) is 18.7. The van der Waals surface area contributed by atoms with Crippen molar-refractivity contribution in [1.82, 2.24) is 4.90 Å². The van der Waals surface area contributed by atoms with E-state index in [9.17, 15) is 0 Å².